The van der Waals surface area contributed by atoms with Crippen molar-refractivity contribution in [2.24, 2.45) is 5.92 Å². The van der Waals surface area contributed by atoms with Gasteiger partial charge in [-0.25, -0.2) is 0 Å². The highest BCUT2D eigenvalue weighted by atomic mass is 35.5. The molecule has 0 aliphatic rings. The molecular formula is C23H29Cl3O4. The van der Waals surface area contributed by atoms with Crippen LogP contribution in [0.15, 0.2) is 36.4 Å². The van der Waals surface area contributed by atoms with E-state index in [1.165, 1.54) is 7.11 Å². The first kappa shape index (κ1) is 25.1. The Bertz CT molecular complexity index is 786. The topological polar surface area (TPSA) is 47.9 Å². The zero-order valence-electron chi connectivity index (χ0n) is 17.8. The molecule has 0 spiro atoms. The van der Waals surface area contributed by atoms with Crippen molar-refractivity contribution in [1.82, 2.24) is 0 Å². The predicted molar refractivity (Wildman–Crippen MR) is 124 cm³/mol. The number of ether oxygens (including phenoxy) is 3. The van der Waals surface area contributed by atoms with Gasteiger partial charge in [0, 0.05) is 24.3 Å². The van der Waals surface area contributed by atoms with Crippen LogP contribution in [0.1, 0.15) is 31.9 Å². The molecule has 0 saturated heterocycles. The summed E-state index contributed by atoms with van der Waals surface area (Å²) in [6.45, 7) is 7.06. The SMILES string of the molecule is COC[C@H](O)COc1ccc(C(C)(C)c2cc(Cl)c(OC[C@H](C)CCl)c(Cl)c2)cc1. The highest BCUT2D eigenvalue weighted by Crippen LogP contribution is 2.40. The van der Waals surface area contributed by atoms with E-state index in [-0.39, 0.29) is 24.5 Å². The number of rotatable bonds is 11. The van der Waals surface area contributed by atoms with E-state index in [0.717, 1.165) is 11.1 Å². The van der Waals surface area contributed by atoms with E-state index in [9.17, 15) is 5.11 Å². The number of aliphatic hydroxyl groups excluding tert-OH is 1. The van der Waals surface area contributed by atoms with Crippen molar-refractivity contribution >= 4 is 34.8 Å². The smallest absolute Gasteiger partial charge is 0.156 e. The molecule has 0 unspecified atom stereocenters. The zero-order chi connectivity index (χ0) is 22.3. The molecule has 0 aromatic heterocycles. The summed E-state index contributed by atoms with van der Waals surface area (Å²) < 4.78 is 16.3. The summed E-state index contributed by atoms with van der Waals surface area (Å²) in [4.78, 5) is 0. The molecule has 2 aromatic carbocycles. The second-order valence-corrected chi connectivity index (χ2v) is 9.03. The van der Waals surface area contributed by atoms with E-state index in [0.29, 0.717) is 34.0 Å². The van der Waals surface area contributed by atoms with Crippen molar-refractivity contribution in [3.63, 3.8) is 0 Å². The molecule has 2 rings (SSSR count). The molecule has 2 atom stereocenters. The molecule has 0 heterocycles. The molecule has 0 aliphatic heterocycles. The van der Waals surface area contributed by atoms with E-state index < -0.39 is 6.10 Å². The largest absolute Gasteiger partial charge is 0.491 e. The van der Waals surface area contributed by atoms with Crippen LogP contribution < -0.4 is 9.47 Å². The number of aliphatic hydroxyl groups is 1. The monoisotopic (exact) mass is 474 g/mol. The normalized spacial score (nSPS) is 13.7. The van der Waals surface area contributed by atoms with Gasteiger partial charge in [0.05, 0.1) is 23.3 Å². The van der Waals surface area contributed by atoms with E-state index in [4.69, 9.17) is 49.0 Å². The second kappa shape index (κ2) is 11.4. The molecule has 0 bridgehead atoms. The van der Waals surface area contributed by atoms with Gasteiger partial charge < -0.3 is 19.3 Å². The maximum absolute atomic E-state index is 9.71. The summed E-state index contributed by atoms with van der Waals surface area (Å²) in [6, 6.07) is 11.5. The standard InChI is InChI=1S/C23H29Cl3O4/c1-15(11-24)12-30-22-20(25)9-17(10-21(22)26)23(2,3)16-5-7-19(8-6-16)29-14-18(27)13-28-4/h5-10,15,18,27H,11-14H2,1-4H3/t15-,18+/m1/s1. The molecule has 4 nitrogen and oxygen atoms in total. The minimum atomic E-state index is -0.663. The van der Waals surface area contributed by atoms with Gasteiger partial charge in [-0.05, 0) is 35.4 Å². The van der Waals surface area contributed by atoms with Crippen LogP contribution in [0.2, 0.25) is 10.0 Å². The molecule has 0 radical (unpaired) electrons. The molecular weight excluding hydrogens is 447 g/mol. The van der Waals surface area contributed by atoms with Gasteiger partial charge in [-0.1, -0.05) is 56.1 Å². The highest BCUT2D eigenvalue weighted by Gasteiger charge is 2.26. The Morgan fingerprint density at radius 1 is 0.933 bits per heavy atom. The summed E-state index contributed by atoms with van der Waals surface area (Å²) in [5.41, 5.74) is 1.70. The van der Waals surface area contributed by atoms with Crippen LogP contribution in [0.5, 0.6) is 11.5 Å². The van der Waals surface area contributed by atoms with Gasteiger partial charge in [0.2, 0.25) is 0 Å². The maximum atomic E-state index is 9.71. The first-order valence-corrected chi connectivity index (χ1v) is 11.1. The molecule has 0 amide bonds. The lowest BCUT2D eigenvalue weighted by Gasteiger charge is -2.27. The average molecular weight is 476 g/mol. The van der Waals surface area contributed by atoms with Gasteiger partial charge in [-0.2, -0.15) is 0 Å². The van der Waals surface area contributed by atoms with Crippen LogP contribution in [0.3, 0.4) is 0 Å². The van der Waals surface area contributed by atoms with Gasteiger partial charge in [-0.3, -0.25) is 0 Å². The van der Waals surface area contributed by atoms with Crippen molar-refractivity contribution in [2.75, 3.05) is 32.8 Å². The Labute approximate surface area is 194 Å². The van der Waals surface area contributed by atoms with Gasteiger partial charge in [0.15, 0.2) is 5.75 Å². The molecule has 166 valence electrons. The van der Waals surface area contributed by atoms with E-state index in [2.05, 4.69) is 13.8 Å². The van der Waals surface area contributed by atoms with Crippen molar-refractivity contribution < 1.29 is 19.3 Å². The summed E-state index contributed by atoms with van der Waals surface area (Å²) in [5, 5.41) is 10.7. The third-order valence-electron chi connectivity index (χ3n) is 4.87. The number of hydrogen-bond acceptors (Lipinski definition) is 4. The van der Waals surface area contributed by atoms with Crippen molar-refractivity contribution in [1.29, 1.82) is 0 Å². The van der Waals surface area contributed by atoms with E-state index >= 15 is 0 Å². The van der Waals surface area contributed by atoms with Crippen LogP contribution in [-0.2, 0) is 10.2 Å². The third-order valence-corrected chi connectivity index (χ3v) is 5.96. The summed E-state index contributed by atoms with van der Waals surface area (Å²) >= 11 is 18.8. The lowest BCUT2D eigenvalue weighted by atomic mass is 9.78. The molecule has 0 fully saturated rings. The average Bonchev–Trinajstić information content (AvgIpc) is 2.71. The van der Waals surface area contributed by atoms with Gasteiger partial charge in [0.25, 0.3) is 0 Å². The van der Waals surface area contributed by atoms with Crippen molar-refractivity contribution in [2.45, 2.75) is 32.3 Å². The fourth-order valence-electron chi connectivity index (χ4n) is 2.90. The molecule has 30 heavy (non-hydrogen) atoms. The van der Waals surface area contributed by atoms with Crippen molar-refractivity contribution in [3.8, 4) is 11.5 Å². The maximum Gasteiger partial charge on any atom is 0.156 e. The summed E-state index contributed by atoms with van der Waals surface area (Å²) in [6.07, 6.45) is -0.663. The summed E-state index contributed by atoms with van der Waals surface area (Å²) in [5.74, 6) is 1.86. The lowest BCUT2D eigenvalue weighted by Crippen LogP contribution is -2.22. The minimum absolute atomic E-state index is 0.172. The Morgan fingerprint density at radius 3 is 2.07 bits per heavy atom. The van der Waals surface area contributed by atoms with Crippen LogP contribution in [0, 0.1) is 5.92 Å². The molecule has 1 N–H and O–H groups in total. The highest BCUT2D eigenvalue weighted by molar-refractivity contribution is 6.37. The number of methoxy groups -OCH3 is 1. The fourth-order valence-corrected chi connectivity index (χ4v) is 3.58. The molecule has 7 heteroatoms. The molecule has 0 aliphatic carbocycles. The van der Waals surface area contributed by atoms with Crippen LogP contribution in [-0.4, -0.2) is 44.0 Å². The van der Waals surface area contributed by atoms with Gasteiger partial charge in [0.1, 0.15) is 18.5 Å². The molecule has 2 aromatic rings. The fraction of sp³-hybridized carbons (Fsp3) is 0.478. The van der Waals surface area contributed by atoms with E-state index in [1.807, 2.05) is 43.3 Å². The Morgan fingerprint density at radius 2 is 1.53 bits per heavy atom. The quantitative estimate of drug-likeness (QED) is 0.407. The first-order chi connectivity index (χ1) is 14.2. The predicted octanol–water partition coefficient (Wildman–Crippen LogP) is 5.96. The number of alkyl halides is 1. The Balaban J connectivity index is 2.16. The molecule has 0 saturated carbocycles. The van der Waals surface area contributed by atoms with Crippen LogP contribution >= 0.6 is 34.8 Å². The zero-order valence-corrected chi connectivity index (χ0v) is 20.0. The summed E-state index contributed by atoms with van der Waals surface area (Å²) in [7, 11) is 1.54. The third kappa shape index (κ3) is 6.66. The van der Waals surface area contributed by atoms with Crippen LogP contribution in [0.4, 0.5) is 0 Å². The van der Waals surface area contributed by atoms with Gasteiger partial charge in [-0.15, -0.1) is 11.6 Å². The Kier molecular flexibility index (Phi) is 9.58. The Hall–Kier alpha value is -1.17. The van der Waals surface area contributed by atoms with E-state index in [1.54, 1.807) is 0 Å². The number of halogens is 3. The lowest BCUT2D eigenvalue weighted by molar-refractivity contribution is 0.0325. The van der Waals surface area contributed by atoms with Gasteiger partial charge >= 0.3 is 0 Å². The second-order valence-electron chi connectivity index (χ2n) is 7.91. The number of hydrogen-bond donors (Lipinski definition) is 1. The minimum Gasteiger partial charge on any atom is -0.491 e. The van der Waals surface area contributed by atoms with Crippen LogP contribution in [0.25, 0.3) is 0 Å². The number of benzene rings is 2. The first-order valence-electron chi connectivity index (χ1n) is 9.77. The van der Waals surface area contributed by atoms with Crippen molar-refractivity contribution in [3.05, 3.63) is 57.6 Å².